The van der Waals surface area contributed by atoms with Crippen molar-refractivity contribution in [1.82, 2.24) is 5.32 Å². The molecule has 0 unspecified atom stereocenters. The highest BCUT2D eigenvalue weighted by Crippen LogP contribution is 2.12. The number of carbonyl (C=O) groups is 2. The average Bonchev–Trinajstić information content (AvgIpc) is 2.61. The summed E-state index contributed by atoms with van der Waals surface area (Å²) in [5.74, 6) is -0.248. The standard InChI is InChI=1S/C19H18ClNO2/c20-14-19(23)21-13-12-16-7-5-4-6-15(16)10-11-18(22)17-8-2-1-3-9-17/h1-11H,12-14H2,(H,21,23)/b11-10+. The summed E-state index contributed by atoms with van der Waals surface area (Å²) in [6, 6.07) is 16.9. The van der Waals surface area contributed by atoms with Crippen molar-refractivity contribution in [2.45, 2.75) is 6.42 Å². The molecular weight excluding hydrogens is 310 g/mol. The van der Waals surface area contributed by atoms with Crippen molar-refractivity contribution in [3.05, 3.63) is 77.4 Å². The van der Waals surface area contributed by atoms with Crippen molar-refractivity contribution >= 4 is 29.4 Å². The fourth-order valence-corrected chi connectivity index (χ4v) is 2.27. The van der Waals surface area contributed by atoms with Gasteiger partial charge in [0.15, 0.2) is 5.78 Å². The molecule has 0 aromatic heterocycles. The molecule has 0 fully saturated rings. The molecule has 2 aromatic carbocycles. The van der Waals surface area contributed by atoms with Gasteiger partial charge in [0.25, 0.3) is 0 Å². The Balaban J connectivity index is 2.03. The first-order valence-corrected chi connectivity index (χ1v) is 7.92. The highest BCUT2D eigenvalue weighted by atomic mass is 35.5. The van der Waals surface area contributed by atoms with Crippen LogP contribution in [-0.4, -0.2) is 24.1 Å². The summed E-state index contributed by atoms with van der Waals surface area (Å²) in [5.41, 5.74) is 2.70. The lowest BCUT2D eigenvalue weighted by atomic mass is 10.0. The van der Waals surface area contributed by atoms with Gasteiger partial charge in [0, 0.05) is 12.1 Å². The van der Waals surface area contributed by atoms with Crippen molar-refractivity contribution in [3.8, 4) is 0 Å². The van der Waals surface area contributed by atoms with Crippen molar-refractivity contribution in [1.29, 1.82) is 0 Å². The molecule has 4 heteroatoms. The number of hydrogen-bond donors (Lipinski definition) is 1. The molecule has 0 aliphatic carbocycles. The smallest absolute Gasteiger partial charge is 0.234 e. The Hall–Kier alpha value is -2.39. The molecule has 0 saturated carbocycles. The van der Waals surface area contributed by atoms with Crippen molar-refractivity contribution in [3.63, 3.8) is 0 Å². The van der Waals surface area contributed by atoms with E-state index in [1.54, 1.807) is 18.2 Å². The molecule has 2 rings (SSSR count). The predicted octanol–water partition coefficient (Wildman–Crippen LogP) is 3.48. The van der Waals surface area contributed by atoms with Gasteiger partial charge in [0.1, 0.15) is 5.88 Å². The molecule has 2 aromatic rings. The first-order chi connectivity index (χ1) is 11.2. The first-order valence-electron chi connectivity index (χ1n) is 7.38. The molecule has 0 atom stereocenters. The van der Waals surface area contributed by atoms with E-state index in [9.17, 15) is 9.59 Å². The predicted molar refractivity (Wildman–Crippen MR) is 93.7 cm³/mol. The van der Waals surface area contributed by atoms with E-state index in [1.165, 1.54) is 0 Å². The van der Waals surface area contributed by atoms with Crippen LogP contribution < -0.4 is 5.32 Å². The summed E-state index contributed by atoms with van der Waals surface area (Å²) in [7, 11) is 0. The minimum atomic E-state index is -0.182. The van der Waals surface area contributed by atoms with Crippen LogP contribution in [0.2, 0.25) is 0 Å². The summed E-state index contributed by atoms with van der Waals surface area (Å²) in [6.07, 6.45) is 4.07. The van der Waals surface area contributed by atoms with Gasteiger partial charge in [-0.1, -0.05) is 60.7 Å². The lowest BCUT2D eigenvalue weighted by Gasteiger charge is -2.07. The second kappa shape index (κ2) is 8.91. The molecule has 3 nitrogen and oxygen atoms in total. The van der Waals surface area contributed by atoms with E-state index < -0.39 is 0 Å². The second-order valence-electron chi connectivity index (χ2n) is 5.00. The maximum absolute atomic E-state index is 12.1. The van der Waals surface area contributed by atoms with Gasteiger partial charge in [-0.2, -0.15) is 0 Å². The van der Waals surface area contributed by atoms with Crippen LogP contribution in [0.4, 0.5) is 0 Å². The highest BCUT2D eigenvalue weighted by molar-refractivity contribution is 6.27. The molecule has 0 radical (unpaired) electrons. The van der Waals surface area contributed by atoms with Gasteiger partial charge in [-0.3, -0.25) is 9.59 Å². The zero-order valence-corrected chi connectivity index (χ0v) is 13.4. The van der Waals surface area contributed by atoms with E-state index in [2.05, 4.69) is 5.32 Å². The monoisotopic (exact) mass is 327 g/mol. The SMILES string of the molecule is O=C(CCl)NCCc1ccccc1/C=C/C(=O)c1ccccc1. The minimum absolute atomic E-state index is 0.0316. The van der Waals surface area contributed by atoms with E-state index >= 15 is 0 Å². The molecule has 0 aliphatic rings. The Labute approximate surface area is 141 Å². The number of carbonyl (C=O) groups excluding carboxylic acids is 2. The summed E-state index contributed by atoms with van der Waals surface area (Å²) in [6.45, 7) is 0.517. The third kappa shape index (κ3) is 5.38. The lowest BCUT2D eigenvalue weighted by molar-refractivity contribution is -0.118. The van der Waals surface area contributed by atoms with Crippen LogP contribution in [0.25, 0.3) is 6.08 Å². The number of amides is 1. The normalized spacial score (nSPS) is 10.7. The number of alkyl halides is 1. The molecule has 1 amide bonds. The number of allylic oxidation sites excluding steroid dienone is 1. The Kier molecular flexibility index (Phi) is 6.57. The van der Waals surface area contributed by atoms with Crippen molar-refractivity contribution < 1.29 is 9.59 Å². The number of benzene rings is 2. The van der Waals surface area contributed by atoms with Crippen molar-refractivity contribution in [2.24, 2.45) is 0 Å². The highest BCUT2D eigenvalue weighted by Gasteiger charge is 2.03. The van der Waals surface area contributed by atoms with E-state index in [0.717, 1.165) is 11.1 Å². The molecule has 118 valence electrons. The number of halogens is 1. The van der Waals surface area contributed by atoms with Crippen LogP contribution in [-0.2, 0) is 11.2 Å². The summed E-state index contributed by atoms with van der Waals surface area (Å²) in [4.78, 5) is 23.3. The molecule has 0 bridgehead atoms. The Morgan fingerprint density at radius 2 is 1.70 bits per heavy atom. The average molecular weight is 328 g/mol. The Morgan fingerprint density at radius 3 is 2.43 bits per heavy atom. The number of nitrogens with one attached hydrogen (secondary N) is 1. The third-order valence-electron chi connectivity index (χ3n) is 3.37. The number of hydrogen-bond acceptors (Lipinski definition) is 2. The molecular formula is C19H18ClNO2. The Morgan fingerprint density at radius 1 is 1.00 bits per heavy atom. The number of ketones is 1. The van der Waals surface area contributed by atoms with E-state index in [1.807, 2.05) is 48.5 Å². The molecule has 0 saturated heterocycles. The van der Waals surface area contributed by atoms with Gasteiger partial charge in [0.05, 0.1) is 0 Å². The zero-order valence-electron chi connectivity index (χ0n) is 12.7. The van der Waals surface area contributed by atoms with Gasteiger partial charge in [0.2, 0.25) is 5.91 Å². The number of rotatable bonds is 7. The first kappa shape index (κ1) is 17.0. The van der Waals surface area contributed by atoms with E-state index in [4.69, 9.17) is 11.6 Å². The van der Waals surface area contributed by atoms with Gasteiger partial charge in [-0.25, -0.2) is 0 Å². The zero-order chi connectivity index (χ0) is 16.5. The molecule has 23 heavy (non-hydrogen) atoms. The quantitative estimate of drug-likeness (QED) is 0.481. The van der Waals surface area contributed by atoms with E-state index in [0.29, 0.717) is 18.5 Å². The maximum atomic E-state index is 12.1. The topological polar surface area (TPSA) is 46.2 Å². The Bertz CT molecular complexity index is 696. The minimum Gasteiger partial charge on any atom is -0.355 e. The van der Waals surface area contributed by atoms with E-state index in [-0.39, 0.29) is 17.6 Å². The van der Waals surface area contributed by atoms with Gasteiger partial charge in [-0.15, -0.1) is 11.6 Å². The fourth-order valence-electron chi connectivity index (χ4n) is 2.17. The van der Waals surface area contributed by atoms with Crippen LogP contribution in [0.15, 0.2) is 60.7 Å². The summed E-state index contributed by atoms with van der Waals surface area (Å²) < 4.78 is 0. The summed E-state index contributed by atoms with van der Waals surface area (Å²) >= 11 is 5.45. The van der Waals surface area contributed by atoms with Gasteiger partial charge in [-0.05, 0) is 23.6 Å². The maximum Gasteiger partial charge on any atom is 0.234 e. The largest absolute Gasteiger partial charge is 0.355 e. The molecule has 0 spiro atoms. The van der Waals surface area contributed by atoms with Gasteiger partial charge < -0.3 is 5.32 Å². The van der Waals surface area contributed by atoms with Crippen LogP contribution in [0.3, 0.4) is 0 Å². The molecule has 0 heterocycles. The van der Waals surface area contributed by atoms with Crippen LogP contribution in [0.1, 0.15) is 21.5 Å². The lowest BCUT2D eigenvalue weighted by Crippen LogP contribution is -2.26. The molecule has 0 aliphatic heterocycles. The third-order valence-corrected chi connectivity index (χ3v) is 3.61. The molecule has 1 N–H and O–H groups in total. The second-order valence-corrected chi connectivity index (χ2v) is 5.26. The van der Waals surface area contributed by atoms with Gasteiger partial charge >= 0.3 is 0 Å². The van der Waals surface area contributed by atoms with Crippen LogP contribution in [0, 0.1) is 0 Å². The van der Waals surface area contributed by atoms with Crippen molar-refractivity contribution in [2.75, 3.05) is 12.4 Å². The summed E-state index contributed by atoms with van der Waals surface area (Å²) in [5, 5.41) is 2.74. The fraction of sp³-hybridized carbons (Fsp3) is 0.158. The van der Waals surface area contributed by atoms with Crippen LogP contribution >= 0.6 is 11.6 Å². The van der Waals surface area contributed by atoms with Crippen LogP contribution in [0.5, 0.6) is 0 Å².